The minimum absolute atomic E-state index is 0.0299. The molecule has 0 aliphatic rings. The predicted octanol–water partition coefficient (Wildman–Crippen LogP) is 3.23. The molecule has 0 fully saturated rings. The number of fused-ring (bicyclic) bond motifs is 1. The normalized spacial score (nSPS) is 13.0. The number of hydrogen-bond donors (Lipinski definition) is 4. The van der Waals surface area contributed by atoms with Gasteiger partial charge in [0.05, 0.1) is 22.2 Å². The molecule has 2 aromatic carbocycles. The van der Waals surface area contributed by atoms with Crippen LogP contribution in [-0.2, 0) is 0 Å². The van der Waals surface area contributed by atoms with E-state index < -0.39 is 12.2 Å². The highest BCUT2D eigenvalue weighted by molar-refractivity contribution is 6.05. The summed E-state index contributed by atoms with van der Waals surface area (Å²) < 4.78 is 1.94. The monoisotopic (exact) mass is 453 g/mol. The second-order valence-electron chi connectivity index (χ2n) is 8.29. The number of nitrogens with one attached hydrogen (secondary N) is 1. The van der Waals surface area contributed by atoms with Crippen LogP contribution in [0.5, 0.6) is 0 Å². The fraction of sp³-hybridized carbons (Fsp3) is 0.375. The fourth-order valence-corrected chi connectivity index (χ4v) is 3.85. The van der Waals surface area contributed by atoms with Gasteiger partial charge in [-0.3, -0.25) is 4.79 Å². The number of carboxylic acids is 1. The number of aromatic nitrogens is 2. The van der Waals surface area contributed by atoms with Crippen LogP contribution in [-0.4, -0.2) is 57.2 Å². The van der Waals surface area contributed by atoms with Gasteiger partial charge in [0, 0.05) is 25.7 Å². The van der Waals surface area contributed by atoms with E-state index in [4.69, 9.17) is 5.73 Å². The summed E-state index contributed by atoms with van der Waals surface area (Å²) in [5.41, 5.74) is 7.97. The molecule has 0 bridgehead atoms. The third kappa shape index (κ3) is 5.32. The molecule has 0 saturated carbocycles. The third-order valence-electron chi connectivity index (χ3n) is 5.58. The van der Waals surface area contributed by atoms with E-state index in [-0.39, 0.29) is 17.5 Å². The number of carbonyl (C=O) groups excluding carboxylic acids is 1. The SMILES string of the molecule is CC(CCCCN)n1c(NC(O)c2cccc(C(=O)O)c2)nc2cccc(C(=O)N(C)C)c21. The molecular formula is C24H31N5O4. The lowest BCUT2D eigenvalue weighted by molar-refractivity contribution is 0.0696. The molecular weight excluding hydrogens is 422 g/mol. The maximum atomic E-state index is 12.9. The van der Waals surface area contributed by atoms with Crippen molar-refractivity contribution in [2.45, 2.75) is 38.5 Å². The zero-order valence-corrected chi connectivity index (χ0v) is 19.2. The Labute approximate surface area is 192 Å². The van der Waals surface area contributed by atoms with Gasteiger partial charge in [-0.2, -0.15) is 0 Å². The van der Waals surface area contributed by atoms with Crippen molar-refractivity contribution in [3.05, 3.63) is 59.2 Å². The van der Waals surface area contributed by atoms with Gasteiger partial charge in [0.1, 0.15) is 0 Å². The summed E-state index contributed by atoms with van der Waals surface area (Å²) in [4.78, 5) is 30.4. The van der Waals surface area contributed by atoms with E-state index in [2.05, 4.69) is 10.3 Å². The van der Waals surface area contributed by atoms with Crippen LogP contribution in [0.25, 0.3) is 11.0 Å². The van der Waals surface area contributed by atoms with Crippen LogP contribution in [0, 0.1) is 0 Å². The van der Waals surface area contributed by atoms with Crippen molar-refractivity contribution in [2.75, 3.05) is 26.0 Å². The smallest absolute Gasteiger partial charge is 0.335 e. The Morgan fingerprint density at radius 2 is 1.91 bits per heavy atom. The third-order valence-corrected chi connectivity index (χ3v) is 5.58. The van der Waals surface area contributed by atoms with Crippen LogP contribution in [0.4, 0.5) is 5.95 Å². The number of nitrogens with two attached hydrogens (primary N) is 1. The van der Waals surface area contributed by atoms with Crippen molar-refractivity contribution < 1.29 is 19.8 Å². The first-order chi connectivity index (χ1) is 15.7. The average molecular weight is 454 g/mol. The van der Waals surface area contributed by atoms with Gasteiger partial charge in [-0.15, -0.1) is 0 Å². The molecule has 3 aromatic rings. The van der Waals surface area contributed by atoms with E-state index in [1.807, 2.05) is 17.6 Å². The Bertz CT molecular complexity index is 1140. The molecule has 1 amide bonds. The Morgan fingerprint density at radius 1 is 1.18 bits per heavy atom. The van der Waals surface area contributed by atoms with Crippen molar-refractivity contribution in [2.24, 2.45) is 5.73 Å². The number of aromatic carboxylic acids is 1. The molecule has 0 spiro atoms. The molecule has 1 heterocycles. The van der Waals surface area contributed by atoms with Gasteiger partial charge >= 0.3 is 5.97 Å². The van der Waals surface area contributed by atoms with Crippen LogP contribution >= 0.6 is 0 Å². The zero-order valence-electron chi connectivity index (χ0n) is 19.2. The van der Waals surface area contributed by atoms with Crippen LogP contribution < -0.4 is 11.1 Å². The van der Waals surface area contributed by atoms with Crippen molar-refractivity contribution in [1.29, 1.82) is 0 Å². The van der Waals surface area contributed by atoms with E-state index >= 15 is 0 Å². The number of imidazole rings is 1. The summed E-state index contributed by atoms with van der Waals surface area (Å²) in [6.07, 6.45) is 1.41. The Morgan fingerprint density at radius 3 is 2.58 bits per heavy atom. The lowest BCUT2D eigenvalue weighted by Crippen LogP contribution is -2.23. The van der Waals surface area contributed by atoms with Crippen LogP contribution in [0.2, 0.25) is 0 Å². The highest BCUT2D eigenvalue weighted by atomic mass is 16.4. The molecule has 5 N–H and O–H groups in total. The quantitative estimate of drug-likeness (QED) is 0.273. The van der Waals surface area contributed by atoms with Crippen molar-refractivity contribution in [1.82, 2.24) is 14.5 Å². The summed E-state index contributed by atoms with van der Waals surface area (Å²) in [5.74, 6) is -0.814. The van der Waals surface area contributed by atoms with Gasteiger partial charge in [-0.05, 0) is 50.6 Å². The second-order valence-corrected chi connectivity index (χ2v) is 8.29. The highest BCUT2D eigenvalue weighted by Crippen LogP contribution is 2.31. The number of rotatable bonds is 10. The van der Waals surface area contributed by atoms with Gasteiger partial charge < -0.3 is 30.7 Å². The molecule has 33 heavy (non-hydrogen) atoms. The van der Waals surface area contributed by atoms with Crippen molar-refractivity contribution >= 4 is 28.9 Å². The van der Waals surface area contributed by atoms with E-state index in [1.165, 1.54) is 17.0 Å². The highest BCUT2D eigenvalue weighted by Gasteiger charge is 2.23. The first kappa shape index (κ1) is 24.2. The van der Waals surface area contributed by atoms with E-state index in [9.17, 15) is 19.8 Å². The summed E-state index contributed by atoms with van der Waals surface area (Å²) in [6, 6.07) is 11.5. The lowest BCUT2D eigenvalue weighted by Gasteiger charge is -2.22. The molecule has 0 saturated heterocycles. The van der Waals surface area contributed by atoms with Gasteiger partial charge in [0.25, 0.3) is 5.91 Å². The zero-order chi connectivity index (χ0) is 24.1. The molecule has 3 rings (SSSR count). The molecule has 176 valence electrons. The Hall–Kier alpha value is -3.43. The summed E-state index contributed by atoms with van der Waals surface area (Å²) in [5, 5.41) is 23.1. The standard InChI is InChI=1S/C24H31N5O4/c1-15(8-4-5-13-25)29-20-18(22(31)28(2)3)11-7-12-19(20)26-24(29)27-21(30)16-9-6-10-17(14-16)23(32)33/h6-7,9-12,14-15,21,30H,4-5,8,13,25H2,1-3H3,(H,26,27)(H,32,33). The number of carbonyl (C=O) groups is 2. The van der Waals surface area contributed by atoms with Gasteiger partial charge in [0.2, 0.25) is 5.95 Å². The Balaban J connectivity index is 2.07. The molecule has 2 unspecified atom stereocenters. The maximum Gasteiger partial charge on any atom is 0.335 e. The summed E-state index contributed by atoms with van der Waals surface area (Å²) in [6.45, 7) is 2.64. The topological polar surface area (TPSA) is 134 Å². The number of benzene rings is 2. The number of carboxylic acid groups (broad SMARTS) is 1. The Kier molecular flexibility index (Phi) is 7.67. The lowest BCUT2D eigenvalue weighted by atomic mass is 10.1. The number of anilines is 1. The molecule has 9 nitrogen and oxygen atoms in total. The van der Waals surface area contributed by atoms with Crippen LogP contribution in [0.3, 0.4) is 0 Å². The molecule has 2 atom stereocenters. The summed E-state index contributed by atoms with van der Waals surface area (Å²) in [7, 11) is 3.40. The maximum absolute atomic E-state index is 12.9. The second kappa shape index (κ2) is 10.5. The number of aliphatic hydroxyl groups excluding tert-OH is 1. The molecule has 0 radical (unpaired) electrons. The molecule has 0 aliphatic carbocycles. The van der Waals surface area contributed by atoms with Gasteiger partial charge in [-0.25, -0.2) is 9.78 Å². The number of amides is 1. The van der Waals surface area contributed by atoms with Gasteiger partial charge in [-0.1, -0.05) is 24.6 Å². The minimum atomic E-state index is -1.19. The number of unbranched alkanes of at least 4 members (excludes halogenated alkanes) is 1. The van der Waals surface area contributed by atoms with Crippen molar-refractivity contribution in [3.63, 3.8) is 0 Å². The van der Waals surface area contributed by atoms with Gasteiger partial charge in [0.15, 0.2) is 6.23 Å². The first-order valence-corrected chi connectivity index (χ1v) is 10.9. The summed E-state index contributed by atoms with van der Waals surface area (Å²) >= 11 is 0. The number of hydrogen-bond acceptors (Lipinski definition) is 6. The largest absolute Gasteiger partial charge is 0.478 e. The van der Waals surface area contributed by atoms with Crippen molar-refractivity contribution in [3.8, 4) is 0 Å². The van der Waals surface area contributed by atoms with E-state index in [0.29, 0.717) is 34.7 Å². The molecule has 0 aliphatic heterocycles. The predicted molar refractivity (Wildman–Crippen MR) is 127 cm³/mol. The number of nitrogens with zero attached hydrogens (tertiary/aromatic N) is 3. The van der Waals surface area contributed by atoms with E-state index in [1.54, 1.807) is 38.4 Å². The average Bonchev–Trinajstić information content (AvgIpc) is 3.16. The number of para-hydroxylation sites is 1. The van der Waals surface area contributed by atoms with Crippen LogP contribution in [0.1, 0.15) is 64.7 Å². The minimum Gasteiger partial charge on any atom is -0.478 e. The molecule has 1 aromatic heterocycles. The van der Waals surface area contributed by atoms with E-state index in [0.717, 1.165) is 19.3 Å². The number of aliphatic hydroxyl groups is 1. The van der Waals surface area contributed by atoms with Crippen LogP contribution in [0.15, 0.2) is 42.5 Å². The fourth-order valence-electron chi connectivity index (χ4n) is 3.85. The first-order valence-electron chi connectivity index (χ1n) is 10.9. The molecule has 9 heteroatoms.